The number of hydrogen-bond donors (Lipinski definition) is 0. The van der Waals surface area contributed by atoms with E-state index in [0.717, 1.165) is 51.1 Å². The Morgan fingerprint density at radius 3 is 2.27 bits per heavy atom. The molecule has 0 spiro atoms. The number of nitriles is 1. The van der Waals surface area contributed by atoms with E-state index in [1.165, 1.54) is 18.1 Å². The van der Waals surface area contributed by atoms with Crippen molar-refractivity contribution in [3.8, 4) is 16.5 Å². The van der Waals surface area contributed by atoms with Gasteiger partial charge in [-0.3, -0.25) is 4.98 Å². The number of nitrogens with zero attached hydrogens (tertiary/aromatic N) is 2. The van der Waals surface area contributed by atoms with Gasteiger partial charge in [0.1, 0.15) is 5.60 Å². The van der Waals surface area contributed by atoms with Gasteiger partial charge in [0.2, 0.25) is 0 Å². The molecule has 1 aliphatic carbocycles. The van der Waals surface area contributed by atoms with E-state index in [2.05, 4.69) is 47.5 Å². The highest BCUT2D eigenvalue weighted by Crippen LogP contribution is 2.47. The van der Waals surface area contributed by atoms with Crippen molar-refractivity contribution in [1.82, 2.24) is 4.98 Å². The fourth-order valence-corrected chi connectivity index (χ4v) is 5.87. The zero-order valence-electron chi connectivity index (χ0n) is 23.4. The molecule has 1 aromatic heterocycles. The number of carbonyl (C=O) groups is 1. The molecule has 6 heteroatoms. The van der Waals surface area contributed by atoms with Crippen LogP contribution < -0.4 is 0 Å². The molecule has 5 rings (SSSR count). The first-order chi connectivity index (χ1) is 19.7. The molecule has 0 amide bonds. The third-order valence-corrected chi connectivity index (χ3v) is 8.21. The third-order valence-electron chi connectivity index (χ3n) is 7.08. The molecule has 0 bridgehead atoms. The van der Waals surface area contributed by atoms with Crippen LogP contribution in [0.1, 0.15) is 67.9 Å². The quantitative estimate of drug-likeness (QED) is 0.124. The van der Waals surface area contributed by atoms with E-state index in [1.807, 2.05) is 56.7 Å². The van der Waals surface area contributed by atoms with Crippen LogP contribution in [0.15, 0.2) is 84.5 Å². The van der Waals surface area contributed by atoms with Gasteiger partial charge in [0.05, 0.1) is 22.0 Å². The molecule has 0 unspecified atom stereocenters. The second-order valence-electron chi connectivity index (χ2n) is 11.2. The van der Waals surface area contributed by atoms with Crippen LogP contribution in [0.5, 0.6) is 0 Å². The molecule has 1 saturated carbocycles. The fourth-order valence-electron chi connectivity index (χ4n) is 4.96. The van der Waals surface area contributed by atoms with Gasteiger partial charge in [-0.2, -0.15) is 5.26 Å². The van der Waals surface area contributed by atoms with Gasteiger partial charge in [0.25, 0.3) is 0 Å². The second-order valence-corrected chi connectivity index (χ2v) is 12.4. The second kappa shape index (κ2) is 12.3. The SMILES string of the molecule is CC(C)(C)OC(=O)C=Cc1ccc(C(=C(c2ccc(C#N)cc2Cl)C2CCC2)c2ccc(-c3cncs3)cc2)cc1. The van der Waals surface area contributed by atoms with Gasteiger partial charge in [0, 0.05) is 17.3 Å². The van der Waals surface area contributed by atoms with Crippen molar-refractivity contribution in [1.29, 1.82) is 5.26 Å². The number of ether oxygens (including phenoxy) is 1. The first-order valence-electron chi connectivity index (χ1n) is 13.7. The standard InChI is InChI=1S/C35H31ClN2O2S/c1-35(2,3)40-32(39)18-10-23-7-11-27(12-8-23)33(28-15-13-25(14-16-28)31-21-38-22-41-31)34(26-5-4-6-26)29-17-9-24(20-37)19-30(29)36/h7-19,21-22,26H,4-6H2,1-3H3. The Hall–Kier alpha value is -3.98. The Morgan fingerprint density at radius 2 is 1.73 bits per heavy atom. The summed E-state index contributed by atoms with van der Waals surface area (Å²) in [6.45, 7) is 5.56. The molecule has 206 valence electrons. The van der Waals surface area contributed by atoms with Gasteiger partial charge in [-0.15, -0.1) is 11.3 Å². The van der Waals surface area contributed by atoms with Crippen LogP contribution in [0.25, 0.3) is 27.7 Å². The lowest BCUT2D eigenvalue weighted by Crippen LogP contribution is -2.22. The number of carbonyl (C=O) groups excluding carboxylic acids is 1. The minimum atomic E-state index is -0.537. The van der Waals surface area contributed by atoms with Gasteiger partial charge >= 0.3 is 5.97 Å². The highest BCUT2D eigenvalue weighted by atomic mass is 35.5. The van der Waals surface area contributed by atoms with Gasteiger partial charge in [0.15, 0.2) is 0 Å². The fraction of sp³-hybridized carbons (Fsp3) is 0.229. The summed E-state index contributed by atoms with van der Waals surface area (Å²) in [5, 5.41) is 10.0. The number of thiazole rings is 1. The molecule has 0 aliphatic heterocycles. The number of rotatable bonds is 7. The molecule has 0 radical (unpaired) electrons. The highest BCUT2D eigenvalue weighted by Gasteiger charge is 2.28. The summed E-state index contributed by atoms with van der Waals surface area (Å²) in [6, 6.07) is 24.6. The van der Waals surface area contributed by atoms with Crippen molar-refractivity contribution in [2.75, 3.05) is 0 Å². The van der Waals surface area contributed by atoms with E-state index in [1.54, 1.807) is 23.5 Å². The molecular weight excluding hydrogens is 548 g/mol. The number of halogens is 1. The van der Waals surface area contributed by atoms with Crippen molar-refractivity contribution in [3.63, 3.8) is 0 Å². The summed E-state index contributed by atoms with van der Waals surface area (Å²) < 4.78 is 5.40. The van der Waals surface area contributed by atoms with E-state index < -0.39 is 5.60 Å². The van der Waals surface area contributed by atoms with E-state index in [4.69, 9.17) is 16.3 Å². The molecule has 41 heavy (non-hydrogen) atoms. The Balaban J connectivity index is 1.61. The summed E-state index contributed by atoms with van der Waals surface area (Å²) >= 11 is 8.46. The van der Waals surface area contributed by atoms with Gasteiger partial charge < -0.3 is 4.74 Å². The average molecular weight is 579 g/mol. The summed E-state index contributed by atoms with van der Waals surface area (Å²) in [4.78, 5) is 17.5. The summed E-state index contributed by atoms with van der Waals surface area (Å²) in [5.74, 6) is -0.00531. The van der Waals surface area contributed by atoms with Crippen LogP contribution in [-0.4, -0.2) is 16.6 Å². The Labute approximate surface area is 250 Å². The highest BCUT2D eigenvalue weighted by molar-refractivity contribution is 7.13. The van der Waals surface area contributed by atoms with E-state index in [-0.39, 0.29) is 5.97 Å². The van der Waals surface area contributed by atoms with Gasteiger partial charge in [-0.05, 0) is 96.7 Å². The lowest BCUT2D eigenvalue weighted by molar-refractivity contribution is -0.148. The van der Waals surface area contributed by atoms with Crippen molar-refractivity contribution in [2.45, 2.75) is 45.6 Å². The Morgan fingerprint density at radius 1 is 1.05 bits per heavy atom. The number of esters is 1. The number of aromatic nitrogens is 1. The first-order valence-corrected chi connectivity index (χ1v) is 14.9. The lowest BCUT2D eigenvalue weighted by Gasteiger charge is -2.32. The number of hydrogen-bond acceptors (Lipinski definition) is 5. The van der Waals surface area contributed by atoms with Crippen LogP contribution >= 0.6 is 22.9 Å². The third kappa shape index (κ3) is 6.85. The van der Waals surface area contributed by atoms with Gasteiger partial charge in [-0.1, -0.05) is 72.6 Å². The average Bonchev–Trinajstić information content (AvgIpc) is 3.46. The zero-order valence-corrected chi connectivity index (χ0v) is 24.9. The summed E-state index contributed by atoms with van der Waals surface area (Å²) in [7, 11) is 0. The largest absolute Gasteiger partial charge is 0.457 e. The molecule has 3 aromatic carbocycles. The van der Waals surface area contributed by atoms with Crippen LogP contribution in [0.3, 0.4) is 0 Å². The van der Waals surface area contributed by atoms with E-state index >= 15 is 0 Å². The van der Waals surface area contributed by atoms with E-state index in [9.17, 15) is 10.1 Å². The molecule has 0 saturated heterocycles. The Kier molecular flexibility index (Phi) is 8.54. The molecule has 0 N–H and O–H groups in total. The van der Waals surface area contributed by atoms with Gasteiger partial charge in [-0.25, -0.2) is 4.79 Å². The minimum absolute atomic E-state index is 0.364. The predicted octanol–water partition coefficient (Wildman–Crippen LogP) is 9.45. The summed E-state index contributed by atoms with van der Waals surface area (Å²) in [5.41, 5.74) is 9.33. The van der Waals surface area contributed by atoms with Crippen molar-refractivity contribution < 1.29 is 9.53 Å². The van der Waals surface area contributed by atoms with E-state index in [0.29, 0.717) is 16.5 Å². The van der Waals surface area contributed by atoms with Crippen LogP contribution in [0.2, 0.25) is 5.02 Å². The molecule has 4 aromatic rings. The maximum absolute atomic E-state index is 12.2. The zero-order chi connectivity index (χ0) is 29.0. The molecule has 4 nitrogen and oxygen atoms in total. The topological polar surface area (TPSA) is 63.0 Å². The maximum atomic E-state index is 12.2. The minimum Gasteiger partial charge on any atom is -0.457 e. The van der Waals surface area contributed by atoms with Crippen molar-refractivity contribution >= 4 is 46.1 Å². The summed E-state index contributed by atoms with van der Waals surface area (Å²) in [6.07, 6.45) is 8.47. The molecule has 1 aliphatic rings. The normalized spacial score (nSPS) is 14.3. The number of benzene rings is 3. The van der Waals surface area contributed by atoms with Crippen molar-refractivity contribution in [2.24, 2.45) is 5.92 Å². The lowest BCUT2D eigenvalue weighted by atomic mass is 9.73. The van der Waals surface area contributed by atoms with Crippen LogP contribution in [0, 0.1) is 17.2 Å². The van der Waals surface area contributed by atoms with Crippen molar-refractivity contribution in [3.05, 3.63) is 117 Å². The molecular formula is C35H31ClN2O2S. The molecule has 1 fully saturated rings. The molecule has 0 atom stereocenters. The molecule has 1 heterocycles. The van der Waals surface area contributed by atoms with Crippen LogP contribution in [0.4, 0.5) is 0 Å². The Bertz CT molecular complexity index is 1630. The maximum Gasteiger partial charge on any atom is 0.331 e. The monoisotopic (exact) mass is 578 g/mol. The first kappa shape index (κ1) is 28.5. The predicted molar refractivity (Wildman–Crippen MR) is 168 cm³/mol. The smallest absolute Gasteiger partial charge is 0.331 e. The van der Waals surface area contributed by atoms with Crippen LogP contribution in [-0.2, 0) is 9.53 Å². The number of allylic oxidation sites excluding steroid dienone is 1.